The minimum atomic E-state index is 0. The lowest BCUT2D eigenvalue weighted by Crippen LogP contribution is -2.16. The van der Waals surface area contributed by atoms with Gasteiger partial charge in [0.15, 0.2) is 0 Å². The SMILES string of the molecule is COCCCNCc1cc(Cl)cc(Cl)c1OC.Cl. The zero-order valence-corrected chi connectivity index (χ0v) is 12.8. The Morgan fingerprint density at radius 2 is 1.94 bits per heavy atom. The molecule has 0 spiro atoms. The van der Waals surface area contributed by atoms with Gasteiger partial charge in [-0.15, -0.1) is 12.4 Å². The first-order valence-corrected chi connectivity index (χ1v) is 6.16. The van der Waals surface area contributed by atoms with Gasteiger partial charge in [-0.05, 0) is 25.1 Å². The average Bonchev–Trinajstić information content (AvgIpc) is 2.28. The second-order valence-corrected chi connectivity index (χ2v) is 4.45. The highest BCUT2D eigenvalue weighted by molar-refractivity contribution is 6.35. The van der Waals surface area contributed by atoms with E-state index in [1.807, 2.05) is 6.07 Å². The second-order valence-electron chi connectivity index (χ2n) is 3.60. The van der Waals surface area contributed by atoms with Crippen LogP contribution >= 0.6 is 35.6 Å². The van der Waals surface area contributed by atoms with Gasteiger partial charge in [-0.2, -0.15) is 0 Å². The normalized spacial score (nSPS) is 10.0. The molecule has 6 heteroatoms. The van der Waals surface area contributed by atoms with Crippen LogP contribution < -0.4 is 10.1 Å². The Kier molecular flexibility index (Phi) is 9.60. The van der Waals surface area contributed by atoms with Gasteiger partial charge in [-0.1, -0.05) is 23.2 Å². The van der Waals surface area contributed by atoms with Crippen molar-refractivity contribution < 1.29 is 9.47 Å². The quantitative estimate of drug-likeness (QED) is 0.781. The molecule has 0 unspecified atom stereocenters. The molecule has 1 N–H and O–H groups in total. The lowest BCUT2D eigenvalue weighted by Gasteiger charge is -2.11. The Bertz CT molecular complexity index is 361. The molecule has 18 heavy (non-hydrogen) atoms. The molecule has 0 fully saturated rings. The second kappa shape index (κ2) is 9.70. The van der Waals surface area contributed by atoms with E-state index < -0.39 is 0 Å². The van der Waals surface area contributed by atoms with Crippen LogP contribution in [0.3, 0.4) is 0 Å². The summed E-state index contributed by atoms with van der Waals surface area (Å²) in [7, 11) is 3.29. The largest absolute Gasteiger partial charge is 0.495 e. The molecule has 104 valence electrons. The highest BCUT2D eigenvalue weighted by atomic mass is 35.5. The zero-order valence-electron chi connectivity index (χ0n) is 10.5. The lowest BCUT2D eigenvalue weighted by atomic mass is 10.2. The van der Waals surface area contributed by atoms with Crippen LogP contribution in [0.2, 0.25) is 10.0 Å². The molecule has 0 amide bonds. The number of benzene rings is 1. The van der Waals surface area contributed by atoms with Crippen LogP contribution in [0.1, 0.15) is 12.0 Å². The Morgan fingerprint density at radius 1 is 1.22 bits per heavy atom. The third-order valence-corrected chi connectivity index (χ3v) is 2.81. The first-order chi connectivity index (χ1) is 8.19. The van der Waals surface area contributed by atoms with Gasteiger partial charge in [-0.25, -0.2) is 0 Å². The van der Waals surface area contributed by atoms with E-state index in [0.717, 1.165) is 25.1 Å². The first kappa shape index (κ1) is 17.8. The minimum absolute atomic E-state index is 0. The molecule has 0 heterocycles. The number of methoxy groups -OCH3 is 2. The number of hydrogen-bond donors (Lipinski definition) is 1. The molecule has 0 radical (unpaired) electrons. The molecular weight excluding hydrogens is 296 g/mol. The van der Waals surface area contributed by atoms with Crippen LogP contribution in [0.4, 0.5) is 0 Å². The molecule has 1 aromatic carbocycles. The predicted octanol–water partition coefficient (Wildman–Crippen LogP) is 3.55. The Labute approximate surface area is 124 Å². The van der Waals surface area contributed by atoms with Crippen molar-refractivity contribution in [1.82, 2.24) is 5.32 Å². The summed E-state index contributed by atoms with van der Waals surface area (Å²) in [5.74, 6) is 0.676. The lowest BCUT2D eigenvalue weighted by molar-refractivity contribution is 0.194. The van der Waals surface area contributed by atoms with E-state index >= 15 is 0 Å². The Hall–Kier alpha value is -0.190. The van der Waals surface area contributed by atoms with Crippen LogP contribution in [-0.2, 0) is 11.3 Å². The third kappa shape index (κ3) is 5.63. The minimum Gasteiger partial charge on any atom is -0.495 e. The molecule has 0 atom stereocenters. The Balaban J connectivity index is 0.00000289. The smallest absolute Gasteiger partial charge is 0.142 e. The van der Waals surface area contributed by atoms with Gasteiger partial charge in [0.2, 0.25) is 0 Å². The highest BCUT2D eigenvalue weighted by Gasteiger charge is 2.09. The van der Waals surface area contributed by atoms with Gasteiger partial charge in [0, 0.05) is 30.8 Å². The maximum atomic E-state index is 6.04. The summed E-state index contributed by atoms with van der Waals surface area (Å²) >= 11 is 12.0. The standard InChI is InChI=1S/C12H17Cl2NO2.ClH/c1-16-5-3-4-15-8-9-6-10(13)7-11(14)12(9)17-2;/h6-7,15H,3-5,8H2,1-2H3;1H. The van der Waals surface area contributed by atoms with E-state index in [1.165, 1.54) is 0 Å². The average molecular weight is 315 g/mol. The molecule has 0 aromatic heterocycles. The summed E-state index contributed by atoms with van der Waals surface area (Å²) < 4.78 is 10.2. The molecule has 0 saturated carbocycles. The van der Waals surface area contributed by atoms with Crippen molar-refractivity contribution in [2.45, 2.75) is 13.0 Å². The van der Waals surface area contributed by atoms with Crippen molar-refractivity contribution in [2.24, 2.45) is 0 Å². The van der Waals surface area contributed by atoms with Crippen LogP contribution in [0.5, 0.6) is 5.75 Å². The topological polar surface area (TPSA) is 30.5 Å². The van der Waals surface area contributed by atoms with Gasteiger partial charge >= 0.3 is 0 Å². The molecule has 0 aliphatic heterocycles. The van der Waals surface area contributed by atoms with Crippen molar-refractivity contribution in [3.63, 3.8) is 0 Å². The van der Waals surface area contributed by atoms with E-state index in [-0.39, 0.29) is 12.4 Å². The zero-order chi connectivity index (χ0) is 12.7. The summed E-state index contributed by atoms with van der Waals surface area (Å²) in [5, 5.41) is 4.44. The van der Waals surface area contributed by atoms with E-state index in [9.17, 15) is 0 Å². The van der Waals surface area contributed by atoms with Gasteiger partial charge in [0.25, 0.3) is 0 Å². The summed E-state index contributed by atoms with van der Waals surface area (Å²) in [6.07, 6.45) is 0.965. The first-order valence-electron chi connectivity index (χ1n) is 5.40. The predicted molar refractivity (Wildman–Crippen MR) is 78.5 cm³/mol. The van der Waals surface area contributed by atoms with E-state index in [0.29, 0.717) is 22.3 Å². The van der Waals surface area contributed by atoms with E-state index in [4.69, 9.17) is 32.7 Å². The third-order valence-electron chi connectivity index (χ3n) is 2.31. The van der Waals surface area contributed by atoms with Crippen molar-refractivity contribution in [1.29, 1.82) is 0 Å². The molecule has 0 saturated heterocycles. The van der Waals surface area contributed by atoms with Crippen LogP contribution in [0.15, 0.2) is 12.1 Å². The van der Waals surface area contributed by atoms with Gasteiger partial charge in [-0.3, -0.25) is 0 Å². The number of nitrogens with one attached hydrogen (secondary N) is 1. The molecule has 0 bridgehead atoms. The maximum Gasteiger partial charge on any atom is 0.142 e. The van der Waals surface area contributed by atoms with Crippen molar-refractivity contribution in [3.8, 4) is 5.75 Å². The molecule has 0 aliphatic rings. The number of halogens is 3. The summed E-state index contributed by atoms with van der Waals surface area (Å²) in [5.41, 5.74) is 0.961. The van der Waals surface area contributed by atoms with E-state index in [2.05, 4.69) is 5.32 Å². The molecule has 3 nitrogen and oxygen atoms in total. The fraction of sp³-hybridized carbons (Fsp3) is 0.500. The summed E-state index contributed by atoms with van der Waals surface area (Å²) in [6, 6.07) is 3.53. The number of rotatable bonds is 7. The van der Waals surface area contributed by atoms with Gasteiger partial charge in [0.05, 0.1) is 12.1 Å². The Morgan fingerprint density at radius 3 is 2.56 bits per heavy atom. The summed E-state index contributed by atoms with van der Waals surface area (Å²) in [6.45, 7) is 2.30. The molecular formula is C12H18Cl3NO2. The number of hydrogen-bond acceptors (Lipinski definition) is 3. The molecule has 0 aliphatic carbocycles. The fourth-order valence-corrected chi connectivity index (χ4v) is 2.15. The molecule has 1 rings (SSSR count). The van der Waals surface area contributed by atoms with Crippen molar-refractivity contribution in [2.75, 3.05) is 27.4 Å². The van der Waals surface area contributed by atoms with Crippen LogP contribution in [-0.4, -0.2) is 27.4 Å². The van der Waals surface area contributed by atoms with Gasteiger partial charge in [0.1, 0.15) is 5.75 Å². The van der Waals surface area contributed by atoms with Crippen molar-refractivity contribution in [3.05, 3.63) is 27.7 Å². The van der Waals surface area contributed by atoms with Crippen molar-refractivity contribution >= 4 is 35.6 Å². The summed E-state index contributed by atoms with van der Waals surface area (Å²) in [4.78, 5) is 0. The highest BCUT2D eigenvalue weighted by Crippen LogP contribution is 2.31. The number of ether oxygens (including phenoxy) is 2. The van der Waals surface area contributed by atoms with Crippen LogP contribution in [0.25, 0.3) is 0 Å². The van der Waals surface area contributed by atoms with Gasteiger partial charge < -0.3 is 14.8 Å². The van der Waals surface area contributed by atoms with Crippen LogP contribution in [0, 0.1) is 0 Å². The maximum absolute atomic E-state index is 6.04. The fourth-order valence-electron chi connectivity index (χ4n) is 1.54. The molecule has 1 aromatic rings. The van der Waals surface area contributed by atoms with E-state index in [1.54, 1.807) is 20.3 Å². The monoisotopic (exact) mass is 313 g/mol.